The SMILES string of the molecule is CCCN1C=CC(C)C1C. The third-order valence-electron chi connectivity index (χ3n) is 2.35. The van der Waals surface area contributed by atoms with Crippen LogP contribution in [0, 0.1) is 5.92 Å². The molecule has 10 heavy (non-hydrogen) atoms. The van der Waals surface area contributed by atoms with Gasteiger partial charge in [0, 0.05) is 12.6 Å². The van der Waals surface area contributed by atoms with E-state index in [4.69, 9.17) is 0 Å². The Morgan fingerprint density at radius 1 is 1.40 bits per heavy atom. The molecule has 1 rings (SSSR count). The van der Waals surface area contributed by atoms with E-state index in [9.17, 15) is 0 Å². The third-order valence-corrected chi connectivity index (χ3v) is 2.35. The lowest BCUT2D eigenvalue weighted by atomic mass is 10.1. The van der Waals surface area contributed by atoms with Gasteiger partial charge in [0.25, 0.3) is 0 Å². The van der Waals surface area contributed by atoms with Crippen molar-refractivity contribution in [2.75, 3.05) is 6.54 Å². The van der Waals surface area contributed by atoms with Crippen LogP contribution >= 0.6 is 0 Å². The van der Waals surface area contributed by atoms with Crippen LogP contribution in [0.4, 0.5) is 0 Å². The molecule has 0 saturated heterocycles. The Hall–Kier alpha value is -0.460. The van der Waals surface area contributed by atoms with Crippen molar-refractivity contribution in [1.29, 1.82) is 0 Å². The van der Waals surface area contributed by atoms with Gasteiger partial charge in [-0.2, -0.15) is 0 Å². The summed E-state index contributed by atoms with van der Waals surface area (Å²) in [6.07, 6.45) is 5.78. The molecule has 0 aromatic rings. The molecule has 0 aromatic heterocycles. The molecule has 0 saturated carbocycles. The van der Waals surface area contributed by atoms with Gasteiger partial charge in [0.15, 0.2) is 0 Å². The molecule has 0 fully saturated rings. The van der Waals surface area contributed by atoms with Crippen LogP contribution in [0.15, 0.2) is 12.3 Å². The lowest BCUT2D eigenvalue weighted by Crippen LogP contribution is -2.28. The maximum absolute atomic E-state index is 2.42. The minimum absolute atomic E-state index is 0.722. The first-order valence-electron chi connectivity index (χ1n) is 4.19. The zero-order chi connectivity index (χ0) is 7.56. The summed E-state index contributed by atoms with van der Waals surface area (Å²) < 4.78 is 0. The molecule has 0 bridgehead atoms. The molecule has 0 N–H and O–H groups in total. The van der Waals surface area contributed by atoms with Crippen LogP contribution < -0.4 is 0 Å². The molecular formula is C9H17N. The molecule has 1 aliphatic rings. The molecule has 0 spiro atoms. The first kappa shape index (κ1) is 7.64. The topological polar surface area (TPSA) is 3.24 Å². The van der Waals surface area contributed by atoms with E-state index in [-0.39, 0.29) is 0 Å². The Morgan fingerprint density at radius 2 is 2.10 bits per heavy atom. The standard InChI is InChI=1S/C9H17N/c1-4-6-10-7-5-8(2)9(10)3/h5,7-9H,4,6H2,1-3H3. The van der Waals surface area contributed by atoms with Crippen molar-refractivity contribution in [3.63, 3.8) is 0 Å². The van der Waals surface area contributed by atoms with Crippen molar-refractivity contribution in [2.45, 2.75) is 33.2 Å². The van der Waals surface area contributed by atoms with E-state index in [1.54, 1.807) is 0 Å². The second-order valence-electron chi connectivity index (χ2n) is 3.18. The summed E-state index contributed by atoms with van der Waals surface area (Å²) in [7, 11) is 0. The first-order valence-corrected chi connectivity index (χ1v) is 4.19. The number of hydrogen-bond donors (Lipinski definition) is 0. The zero-order valence-corrected chi connectivity index (χ0v) is 7.17. The van der Waals surface area contributed by atoms with E-state index in [1.807, 2.05) is 0 Å². The van der Waals surface area contributed by atoms with Crippen LogP contribution in [-0.2, 0) is 0 Å². The number of nitrogens with zero attached hydrogens (tertiary/aromatic N) is 1. The van der Waals surface area contributed by atoms with Gasteiger partial charge in [-0.1, -0.05) is 19.9 Å². The molecular weight excluding hydrogens is 122 g/mol. The van der Waals surface area contributed by atoms with E-state index in [2.05, 4.69) is 37.9 Å². The molecule has 2 atom stereocenters. The molecule has 1 heteroatoms. The highest BCUT2D eigenvalue weighted by molar-refractivity contribution is 5.00. The predicted octanol–water partition coefficient (Wildman–Crippen LogP) is 2.25. The fourth-order valence-corrected chi connectivity index (χ4v) is 1.38. The van der Waals surface area contributed by atoms with E-state index in [0.717, 1.165) is 12.0 Å². The summed E-state index contributed by atoms with van der Waals surface area (Å²) in [6, 6.07) is 0.722. The lowest BCUT2D eigenvalue weighted by molar-refractivity contribution is 0.282. The second-order valence-corrected chi connectivity index (χ2v) is 3.18. The quantitative estimate of drug-likeness (QED) is 0.567. The van der Waals surface area contributed by atoms with Crippen molar-refractivity contribution in [3.8, 4) is 0 Å². The van der Waals surface area contributed by atoms with Gasteiger partial charge in [0.1, 0.15) is 0 Å². The maximum Gasteiger partial charge on any atom is 0.0316 e. The van der Waals surface area contributed by atoms with Crippen LogP contribution in [0.2, 0.25) is 0 Å². The minimum Gasteiger partial charge on any atom is -0.374 e. The minimum atomic E-state index is 0.722. The Morgan fingerprint density at radius 3 is 2.50 bits per heavy atom. The molecule has 1 aliphatic heterocycles. The Labute approximate surface area is 63.7 Å². The number of rotatable bonds is 2. The Bertz CT molecular complexity index is 129. The van der Waals surface area contributed by atoms with Gasteiger partial charge in [-0.15, -0.1) is 0 Å². The number of hydrogen-bond acceptors (Lipinski definition) is 1. The average molecular weight is 139 g/mol. The molecule has 1 nitrogen and oxygen atoms in total. The predicted molar refractivity (Wildman–Crippen MR) is 44.8 cm³/mol. The Kier molecular flexibility index (Phi) is 2.36. The molecule has 0 aromatic carbocycles. The Balaban J connectivity index is 2.41. The molecule has 1 heterocycles. The molecule has 0 amide bonds. The molecule has 58 valence electrons. The monoisotopic (exact) mass is 139 g/mol. The van der Waals surface area contributed by atoms with Crippen molar-refractivity contribution < 1.29 is 0 Å². The summed E-state index contributed by atoms with van der Waals surface area (Å²) in [5, 5.41) is 0. The van der Waals surface area contributed by atoms with Gasteiger partial charge in [-0.3, -0.25) is 0 Å². The van der Waals surface area contributed by atoms with Gasteiger partial charge in [0.05, 0.1) is 0 Å². The van der Waals surface area contributed by atoms with Crippen LogP contribution in [0.5, 0.6) is 0 Å². The summed E-state index contributed by atoms with van der Waals surface area (Å²) in [4.78, 5) is 2.42. The fourth-order valence-electron chi connectivity index (χ4n) is 1.38. The van der Waals surface area contributed by atoms with E-state index in [0.29, 0.717) is 0 Å². The normalized spacial score (nSPS) is 31.7. The lowest BCUT2D eigenvalue weighted by Gasteiger charge is -2.24. The third kappa shape index (κ3) is 1.34. The molecule has 0 aliphatic carbocycles. The van der Waals surface area contributed by atoms with Gasteiger partial charge in [-0.25, -0.2) is 0 Å². The second kappa shape index (κ2) is 3.09. The fraction of sp³-hybridized carbons (Fsp3) is 0.778. The van der Waals surface area contributed by atoms with E-state index in [1.165, 1.54) is 13.0 Å². The van der Waals surface area contributed by atoms with Crippen molar-refractivity contribution in [2.24, 2.45) is 5.92 Å². The molecule has 2 unspecified atom stereocenters. The highest BCUT2D eigenvalue weighted by Gasteiger charge is 2.19. The van der Waals surface area contributed by atoms with E-state index >= 15 is 0 Å². The summed E-state index contributed by atoms with van der Waals surface area (Å²) in [5.41, 5.74) is 0. The van der Waals surface area contributed by atoms with Crippen LogP contribution in [0.1, 0.15) is 27.2 Å². The smallest absolute Gasteiger partial charge is 0.0316 e. The summed E-state index contributed by atoms with van der Waals surface area (Å²) >= 11 is 0. The summed E-state index contributed by atoms with van der Waals surface area (Å²) in [6.45, 7) is 8.00. The maximum atomic E-state index is 2.42. The van der Waals surface area contributed by atoms with Crippen molar-refractivity contribution in [3.05, 3.63) is 12.3 Å². The highest BCUT2D eigenvalue weighted by Crippen LogP contribution is 2.19. The van der Waals surface area contributed by atoms with Gasteiger partial charge in [-0.05, 0) is 25.5 Å². The largest absolute Gasteiger partial charge is 0.374 e. The highest BCUT2D eigenvalue weighted by atomic mass is 15.1. The average Bonchev–Trinajstić information content (AvgIpc) is 2.20. The van der Waals surface area contributed by atoms with Crippen molar-refractivity contribution >= 4 is 0 Å². The summed E-state index contributed by atoms with van der Waals surface area (Å²) in [5.74, 6) is 0.742. The first-order chi connectivity index (χ1) is 4.75. The van der Waals surface area contributed by atoms with Gasteiger partial charge in [0.2, 0.25) is 0 Å². The van der Waals surface area contributed by atoms with Crippen LogP contribution in [0.25, 0.3) is 0 Å². The zero-order valence-electron chi connectivity index (χ0n) is 7.17. The van der Waals surface area contributed by atoms with Crippen LogP contribution in [0.3, 0.4) is 0 Å². The van der Waals surface area contributed by atoms with Gasteiger partial charge >= 0.3 is 0 Å². The van der Waals surface area contributed by atoms with Crippen LogP contribution in [-0.4, -0.2) is 17.5 Å². The van der Waals surface area contributed by atoms with E-state index < -0.39 is 0 Å². The molecule has 0 radical (unpaired) electrons. The van der Waals surface area contributed by atoms with Crippen molar-refractivity contribution in [1.82, 2.24) is 4.90 Å². The van der Waals surface area contributed by atoms with Gasteiger partial charge < -0.3 is 4.90 Å².